The first-order valence-corrected chi connectivity index (χ1v) is 10.9. The molecule has 0 amide bonds. The molecule has 0 aliphatic carbocycles. The van der Waals surface area contributed by atoms with E-state index >= 15 is 0 Å². The minimum absolute atomic E-state index is 0. The molecular weight excluding hydrogens is 507 g/mol. The maximum absolute atomic E-state index is 5.74. The number of ether oxygens (including phenoxy) is 2. The average Bonchev–Trinajstić information content (AvgIpc) is 3.16. The number of aliphatic imine (C=N–C) groups is 1. The molecule has 0 saturated carbocycles. The van der Waals surface area contributed by atoms with E-state index in [1.54, 1.807) is 7.11 Å². The van der Waals surface area contributed by atoms with Crippen LogP contribution in [0.25, 0.3) is 0 Å². The Morgan fingerprint density at radius 3 is 2.84 bits per heavy atom. The third-order valence-corrected chi connectivity index (χ3v) is 4.94. The lowest BCUT2D eigenvalue weighted by Crippen LogP contribution is -2.47. The lowest BCUT2D eigenvalue weighted by molar-refractivity contribution is 0.117. The van der Waals surface area contributed by atoms with Crippen molar-refractivity contribution >= 4 is 29.9 Å². The zero-order chi connectivity index (χ0) is 21.0. The molecule has 1 aromatic heterocycles. The summed E-state index contributed by atoms with van der Waals surface area (Å²) in [4.78, 5) is 9.26. The van der Waals surface area contributed by atoms with Crippen LogP contribution in [-0.4, -0.2) is 53.6 Å². The van der Waals surface area contributed by atoms with Crippen LogP contribution in [0, 0.1) is 0 Å². The topological polar surface area (TPSA) is 85.6 Å². The molecule has 0 saturated heterocycles. The Balaban J connectivity index is 0.00000341. The van der Waals surface area contributed by atoms with Crippen molar-refractivity contribution in [3.63, 3.8) is 0 Å². The van der Waals surface area contributed by atoms with Crippen LogP contribution in [0.2, 0.25) is 0 Å². The smallest absolute Gasteiger partial charge is 0.191 e. The number of rotatable bonds is 11. The van der Waals surface area contributed by atoms with Crippen molar-refractivity contribution in [3.05, 3.63) is 47.5 Å². The summed E-state index contributed by atoms with van der Waals surface area (Å²) in [7, 11) is 1.67. The average molecular weight is 542 g/mol. The normalized spacial score (nSPS) is 15.8. The van der Waals surface area contributed by atoms with E-state index in [4.69, 9.17) is 14.5 Å². The minimum atomic E-state index is 0. The van der Waals surface area contributed by atoms with E-state index in [-0.39, 0.29) is 24.0 Å². The highest BCUT2D eigenvalue weighted by Gasteiger charge is 2.22. The third-order valence-electron chi connectivity index (χ3n) is 4.94. The number of nitrogens with zero attached hydrogens (tertiary/aromatic N) is 4. The summed E-state index contributed by atoms with van der Waals surface area (Å²) in [5, 5.41) is 11.4. The van der Waals surface area contributed by atoms with Crippen LogP contribution in [-0.2, 0) is 35.7 Å². The molecule has 2 N–H and O–H groups in total. The number of methoxy groups -OCH3 is 1. The van der Waals surface area contributed by atoms with Gasteiger partial charge in [0.1, 0.15) is 12.4 Å². The summed E-state index contributed by atoms with van der Waals surface area (Å²) < 4.78 is 12.9. The molecule has 2 aromatic rings. The quantitative estimate of drug-likeness (QED) is 0.197. The number of hydrogen-bond acceptors (Lipinski definition) is 5. The molecule has 0 radical (unpaired) electrons. The molecule has 2 heterocycles. The molecule has 1 aliphatic rings. The Bertz CT molecular complexity index is 784. The Hall–Kier alpha value is -1.72. The van der Waals surface area contributed by atoms with Gasteiger partial charge in [0.15, 0.2) is 11.8 Å². The molecule has 1 unspecified atom stereocenters. The number of guanidine groups is 1. The van der Waals surface area contributed by atoms with Crippen molar-refractivity contribution in [2.45, 2.75) is 58.4 Å². The van der Waals surface area contributed by atoms with E-state index in [1.807, 2.05) is 22.9 Å². The first-order chi connectivity index (χ1) is 14.8. The van der Waals surface area contributed by atoms with Crippen LogP contribution < -0.4 is 10.6 Å². The largest absolute Gasteiger partial charge is 0.377 e. The standard InChI is InChI=1S/C22H34N6O2.HI/c1-3-23-22(24-13-7-8-14-30-16-18-9-5-4-6-10-18)25-19-11-12-21-26-20(17-29-2)27-28(21)15-19;/h4-6,9-10,19H,3,7-8,11-17H2,1-2H3,(H2,23,24,25);1H. The molecule has 9 heteroatoms. The number of halogens is 1. The lowest BCUT2D eigenvalue weighted by atomic mass is 10.1. The van der Waals surface area contributed by atoms with Crippen LogP contribution in [0.5, 0.6) is 0 Å². The Morgan fingerprint density at radius 2 is 2.06 bits per heavy atom. The van der Waals surface area contributed by atoms with Gasteiger partial charge in [0.05, 0.1) is 13.2 Å². The van der Waals surface area contributed by atoms with E-state index in [0.29, 0.717) is 19.3 Å². The van der Waals surface area contributed by atoms with E-state index in [2.05, 4.69) is 39.8 Å². The molecule has 1 aromatic carbocycles. The molecule has 1 atom stereocenters. The van der Waals surface area contributed by atoms with Crippen molar-refractivity contribution in [3.8, 4) is 0 Å². The van der Waals surface area contributed by atoms with Gasteiger partial charge >= 0.3 is 0 Å². The zero-order valence-corrected chi connectivity index (χ0v) is 20.9. The molecule has 1 aliphatic heterocycles. The van der Waals surface area contributed by atoms with Gasteiger partial charge in [-0.05, 0) is 31.7 Å². The number of unbranched alkanes of at least 4 members (excludes halogenated alkanes) is 1. The van der Waals surface area contributed by atoms with E-state index in [1.165, 1.54) is 5.56 Å². The van der Waals surface area contributed by atoms with Crippen LogP contribution in [0.4, 0.5) is 0 Å². The van der Waals surface area contributed by atoms with Gasteiger partial charge in [-0.15, -0.1) is 24.0 Å². The lowest BCUT2D eigenvalue weighted by Gasteiger charge is -2.25. The molecular formula is C22H35IN6O2. The van der Waals surface area contributed by atoms with Crippen molar-refractivity contribution < 1.29 is 9.47 Å². The molecule has 31 heavy (non-hydrogen) atoms. The van der Waals surface area contributed by atoms with Crippen LogP contribution in [0.3, 0.4) is 0 Å². The molecule has 8 nitrogen and oxygen atoms in total. The second-order valence-electron chi connectivity index (χ2n) is 7.45. The molecule has 0 spiro atoms. The van der Waals surface area contributed by atoms with Gasteiger partial charge in [-0.2, -0.15) is 5.10 Å². The predicted molar refractivity (Wildman–Crippen MR) is 133 cm³/mol. The fourth-order valence-corrected chi connectivity index (χ4v) is 3.45. The SMILES string of the molecule is CCNC(=NCCCCOCc1ccccc1)NC1CCc2nc(COC)nn2C1.I. The molecule has 0 bridgehead atoms. The van der Waals surface area contributed by atoms with Gasteiger partial charge in [0.2, 0.25) is 0 Å². The highest BCUT2D eigenvalue weighted by molar-refractivity contribution is 14.0. The van der Waals surface area contributed by atoms with Crippen molar-refractivity contribution in [1.29, 1.82) is 0 Å². The first-order valence-electron chi connectivity index (χ1n) is 10.9. The molecule has 172 valence electrons. The second kappa shape index (κ2) is 14.4. The summed E-state index contributed by atoms with van der Waals surface area (Å²) in [6.45, 7) is 6.39. The van der Waals surface area contributed by atoms with Crippen LogP contribution >= 0.6 is 24.0 Å². The van der Waals surface area contributed by atoms with Crippen LogP contribution in [0.15, 0.2) is 35.3 Å². The number of aromatic nitrogens is 3. The van der Waals surface area contributed by atoms with Gasteiger partial charge in [-0.25, -0.2) is 9.67 Å². The molecule has 0 fully saturated rings. The van der Waals surface area contributed by atoms with Gasteiger partial charge < -0.3 is 20.1 Å². The number of benzene rings is 1. The number of aryl methyl sites for hydroxylation is 1. The Labute approximate surface area is 202 Å². The summed E-state index contributed by atoms with van der Waals surface area (Å²) >= 11 is 0. The first kappa shape index (κ1) is 25.5. The predicted octanol–water partition coefficient (Wildman–Crippen LogP) is 2.91. The van der Waals surface area contributed by atoms with Gasteiger partial charge in [-0.1, -0.05) is 30.3 Å². The van der Waals surface area contributed by atoms with Gasteiger partial charge in [0.25, 0.3) is 0 Å². The van der Waals surface area contributed by atoms with Gasteiger partial charge in [-0.3, -0.25) is 4.99 Å². The zero-order valence-electron chi connectivity index (χ0n) is 18.5. The Morgan fingerprint density at radius 1 is 1.23 bits per heavy atom. The minimum Gasteiger partial charge on any atom is -0.377 e. The van der Waals surface area contributed by atoms with Crippen molar-refractivity contribution in [1.82, 2.24) is 25.4 Å². The summed E-state index contributed by atoms with van der Waals surface area (Å²) in [6.07, 6.45) is 3.93. The monoisotopic (exact) mass is 542 g/mol. The number of hydrogen-bond donors (Lipinski definition) is 2. The highest BCUT2D eigenvalue weighted by Crippen LogP contribution is 2.13. The van der Waals surface area contributed by atoms with E-state index in [0.717, 1.165) is 69.5 Å². The fraction of sp³-hybridized carbons (Fsp3) is 0.591. The maximum atomic E-state index is 5.74. The third kappa shape index (κ3) is 8.74. The van der Waals surface area contributed by atoms with E-state index < -0.39 is 0 Å². The number of nitrogens with one attached hydrogen (secondary N) is 2. The molecule has 3 rings (SSSR count). The summed E-state index contributed by atoms with van der Waals surface area (Å²) in [5.41, 5.74) is 1.21. The van der Waals surface area contributed by atoms with Gasteiger partial charge in [0, 0.05) is 39.3 Å². The maximum Gasteiger partial charge on any atom is 0.191 e. The number of fused-ring (bicyclic) bond motifs is 1. The van der Waals surface area contributed by atoms with E-state index in [9.17, 15) is 0 Å². The van der Waals surface area contributed by atoms with Crippen LogP contribution in [0.1, 0.15) is 43.4 Å². The Kier molecular flexibility index (Phi) is 11.8. The van der Waals surface area contributed by atoms with Crippen molar-refractivity contribution in [2.75, 3.05) is 26.8 Å². The summed E-state index contributed by atoms with van der Waals surface area (Å²) in [6, 6.07) is 10.6. The fourth-order valence-electron chi connectivity index (χ4n) is 3.45. The second-order valence-corrected chi connectivity index (χ2v) is 7.45. The summed E-state index contributed by atoms with van der Waals surface area (Å²) in [5.74, 6) is 2.66. The van der Waals surface area contributed by atoms with Crippen molar-refractivity contribution in [2.24, 2.45) is 4.99 Å². The highest BCUT2D eigenvalue weighted by atomic mass is 127.